The van der Waals surface area contributed by atoms with Crippen LogP contribution >= 0.6 is 0 Å². The van der Waals surface area contributed by atoms with E-state index in [0.29, 0.717) is 18.0 Å². The predicted molar refractivity (Wildman–Crippen MR) is 220 cm³/mol. The van der Waals surface area contributed by atoms with Crippen LogP contribution < -0.4 is 5.32 Å². The van der Waals surface area contributed by atoms with Crippen molar-refractivity contribution in [3.8, 4) is 0 Å². The van der Waals surface area contributed by atoms with E-state index in [1.165, 1.54) is 25.9 Å². The number of rotatable bonds is 11. The normalized spacial score (nSPS) is 37.0. The van der Waals surface area contributed by atoms with Crippen molar-refractivity contribution in [2.24, 2.45) is 17.8 Å². The molecule has 338 valence electrons. The van der Waals surface area contributed by atoms with Gasteiger partial charge in [-0.2, -0.15) is 0 Å². The molecule has 0 aromatic heterocycles. The number of methoxy groups -OCH3 is 1. The molecule has 3 aliphatic rings. The van der Waals surface area contributed by atoms with E-state index < -0.39 is 89.2 Å². The molecule has 3 saturated heterocycles. The molecule has 3 fully saturated rings. The third-order valence-corrected chi connectivity index (χ3v) is 12.8. The number of likely N-dealkylation sites (N-methyl/N-ethyl adjacent to an activating group) is 1. The number of fused-ring (bicyclic) bond motifs is 1. The summed E-state index contributed by atoms with van der Waals surface area (Å²) in [5, 5.41) is 14.1. The molecule has 15 nitrogen and oxygen atoms in total. The number of hydrogen-bond donors (Lipinski definition) is 2. The van der Waals surface area contributed by atoms with Gasteiger partial charge in [-0.15, -0.1) is 0 Å². The van der Waals surface area contributed by atoms with Gasteiger partial charge in [-0.05, 0) is 91.1 Å². The second-order valence-electron chi connectivity index (χ2n) is 18.0. The van der Waals surface area contributed by atoms with E-state index in [4.69, 9.17) is 28.4 Å². The van der Waals surface area contributed by atoms with Crippen LogP contribution in [0.5, 0.6) is 0 Å². The van der Waals surface area contributed by atoms with Crippen LogP contribution in [0.4, 0.5) is 19.7 Å². The molecule has 16 heteroatoms. The summed E-state index contributed by atoms with van der Waals surface area (Å²) in [5.41, 5.74) is -4.70. The number of esters is 1. The van der Waals surface area contributed by atoms with E-state index in [1.807, 2.05) is 38.1 Å². The summed E-state index contributed by atoms with van der Waals surface area (Å²) < 4.78 is 52.7. The minimum atomic E-state index is -3.21. The van der Waals surface area contributed by atoms with Crippen LogP contribution in [0.2, 0.25) is 0 Å². The first-order valence-corrected chi connectivity index (χ1v) is 21.1. The fourth-order valence-electron chi connectivity index (χ4n) is 9.22. The summed E-state index contributed by atoms with van der Waals surface area (Å²) in [6.07, 6.45) is -6.28. The number of ether oxygens (including phenoxy) is 6. The molecular formula is C44H68FN3O12. The number of halogens is 1. The summed E-state index contributed by atoms with van der Waals surface area (Å²) in [4.78, 5) is 72.4. The van der Waals surface area contributed by atoms with Crippen molar-refractivity contribution >= 4 is 35.4 Å². The molecule has 0 aliphatic carbocycles. The number of aliphatic hydroxyl groups excluding tert-OH is 1. The van der Waals surface area contributed by atoms with Gasteiger partial charge in [0.15, 0.2) is 17.7 Å². The number of hydrogen-bond acceptors (Lipinski definition) is 13. The molecule has 60 heavy (non-hydrogen) atoms. The number of anilines is 1. The highest BCUT2D eigenvalue weighted by Crippen LogP contribution is 2.43. The molecule has 3 heterocycles. The average Bonchev–Trinajstić information content (AvgIpc) is 3.45. The highest BCUT2D eigenvalue weighted by atomic mass is 19.1. The number of benzene rings is 1. The van der Waals surface area contributed by atoms with Gasteiger partial charge in [-0.1, -0.05) is 53.7 Å². The molecule has 0 saturated carbocycles. The number of nitrogens with one attached hydrogen (secondary N) is 1. The fraction of sp³-hybridized carbons (Fsp3) is 0.750. The van der Waals surface area contributed by atoms with Gasteiger partial charge in [0.25, 0.3) is 5.67 Å². The molecular weight excluding hydrogens is 781 g/mol. The predicted octanol–water partition coefficient (Wildman–Crippen LogP) is 6.04. The van der Waals surface area contributed by atoms with Crippen LogP contribution in [0, 0.1) is 17.8 Å². The average molecular weight is 850 g/mol. The first-order valence-electron chi connectivity index (χ1n) is 21.1. The van der Waals surface area contributed by atoms with Gasteiger partial charge in [-0.3, -0.25) is 14.9 Å². The monoisotopic (exact) mass is 849 g/mol. The van der Waals surface area contributed by atoms with E-state index in [2.05, 4.69) is 19.2 Å². The molecule has 0 radical (unpaired) electrons. The summed E-state index contributed by atoms with van der Waals surface area (Å²) >= 11 is 0. The fourth-order valence-corrected chi connectivity index (χ4v) is 9.22. The highest BCUT2D eigenvalue weighted by molar-refractivity contribution is 6.08. The highest BCUT2D eigenvalue weighted by Gasteiger charge is 2.61. The number of cyclic esters (lactones) is 1. The maximum absolute atomic E-state index is 16.9. The molecule has 0 spiro atoms. The molecule has 0 bridgehead atoms. The van der Waals surface area contributed by atoms with Crippen LogP contribution in [-0.2, 0) is 42.8 Å². The Hall–Kier alpha value is -3.70. The molecule has 0 unspecified atom stereocenters. The Morgan fingerprint density at radius 2 is 1.68 bits per heavy atom. The number of carbonyl (C=O) groups excluding carboxylic acids is 5. The third-order valence-electron chi connectivity index (χ3n) is 12.8. The van der Waals surface area contributed by atoms with Gasteiger partial charge in [-0.25, -0.2) is 18.8 Å². The first-order chi connectivity index (χ1) is 27.9. The number of ketones is 2. The van der Waals surface area contributed by atoms with Crippen molar-refractivity contribution in [2.75, 3.05) is 39.7 Å². The van der Waals surface area contributed by atoms with Crippen molar-refractivity contribution in [3.63, 3.8) is 0 Å². The van der Waals surface area contributed by atoms with Crippen LogP contribution in [0.25, 0.3) is 0 Å². The maximum atomic E-state index is 16.9. The van der Waals surface area contributed by atoms with Crippen molar-refractivity contribution in [1.82, 2.24) is 9.80 Å². The smallest absolute Gasteiger partial charge is 0.411 e. The molecule has 2 N–H and O–H groups in total. The van der Waals surface area contributed by atoms with Crippen molar-refractivity contribution in [3.05, 3.63) is 29.8 Å². The Morgan fingerprint density at radius 1 is 1.05 bits per heavy atom. The van der Waals surface area contributed by atoms with Crippen molar-refractivity contribution < 1.29 is 61.9 Å². The second-order valence-corrected chi connectivity index (χ2v) is 18.0. The van der Waals surface area contributed by atoms with E-state index in [-0.39, 0.29) is 50.3 Å². The first kappa shape index (κ1) is 49.0. The SMILES string of the molecule is CC[C@H]1OC(=O)[C@@](C)(F)C(=O)[C@H](C)[C@@H](O[C@@H]2O[C@H](C)C[C@H](N(C)C)[C@H]2O)[C@](C)(OC)C[C@@H](C)C(=O)[C@H](C)[C@H]2N(CCCOC(=O)Nc3ccc(C(C)C)cc3)C(=O)O[C@]12C. The van der Waals surface area contributed by atoms with Gasteiger partial charge >= 0.3 is 18.2 Å². The van der Waals surface area contributed by atoms with Crippen molar-refractivity contribution in [1.29, 1.82) is 0 Å². The van der Waals surface area contributed by atoms with Gasteiger partial charge in [0, 0.05) is 43.1 Å². The number of alkyl halides is 1. The Labute approximate surface area is 354 Å². The van der Waals surface area contributed by atoms with Gasteiger partial charge in [0.1, 0.15) is 18.0 Å². The standard InChI is InChI=1S/C44H68FN3O12/c1-14-32-44(10)35(48(41(54)60-44)20-15-21-56-40(53)46-30-18-16-29(17-19-30)24(2)3)27(6)33(49)25(4)23-42(8,55-13)37(28(7)36(51)43(9,45)39(52)58-32)59-38-34(50)31(47(11)12)22-26(5)57-38/h16-19,24-28,31-32,34-35,37-38,50H,14-15,20-23H2,1-13H3,(H,46,53)/t25-,26-,27+,28+,31+,32-,34-,35-,37-,38+,42-,43+,44-/m1/s1. The van der Waals surface area contributed by atoms with Crippen LogP contribution in [-0.4, -0.2) is 139 Å². The quantitative estimate of drug-likeness (QED) is 0.114. The molecule has 2 amide bonds. The Balaban J connectivity index is 1.66. The number of Topliss-reactive ketones (excluding diaryl/α,β-unsaturated/α-hetero) is 2. The lowest BCUT2D eigenvalue weighted by molar-refractivity contribution is -0.295. The van der Waals surface area contributed by atoms with Gasteiger partial charge in [0.05, 0.1) is 30.5 Å². The number of amides is 2. The van der Waals surface area contributed by atoms with E-state index >= 15 is 4.39 Å². The minimum Gasteiger partial charge on any atom is -0.455 e. The second kappa shape index (κ2) is 19.6. The molecule has 1 aromatic rings. The molecule has 13 atom stereocenters. The minimum absolute atomic E-state index is 0.00948. The zero-order chi connectivity index (χ0) is 45.1. The maximum Gasteiger partial charge on any atom is 0.411 e. The Kier molecular flexibility index (Phi) is 16.0. The molecule has 4 rings (SSSR count). The van der Waals surface area contributed by atoms with Crippen molar-refractivity contribution in [2.45, 2.75) is 160 Å². The summed E-state index contributed by atoms with van der Waals surface area (Å²) in [5.74, 6) is -5.76. The van der Waals surface area contributed by atoms with E-state index in [1.54, 1.807) is 39.8 Å². The number of aliphatic hydroxyl groups is 1. The van der Waals surface area contributed by atoms with Crippen LogP contribution in [0.3, 0.4) is 0 Å². The lowest BCUT2D eigenvalue weighted by atomic mass is 9.73. The largest absolute Gasteiger partial charge is 0.455 e. The lowest BCUT2D eigenvalue weighted by Crippen LogP contribution is -2.61. The lowest BCUT2D eigenvalue weighted by Gasteiger charge is -2.47. The molecule has 3 aliphatic heterocycles. The zero-order valence-electron chi connectivity index (χ0n) is 37.6. The summed E-state index contributed by atoms with van der Waals surface area (Å²) in [6.45, 7) is 16.3. The molecule has 1 aromatic carbocycles. The van der Waals surface area contributed by atoms with Crippen LogP contribution in [0.15, 0.2) is 24.3 Å². The van der Waals surface area contributed by atoms with Gasteiger partial charge < -0.3 is 43.3 Å². The zero-order valence-corrected chi connectivity index (χ0v) is 37.6. The van der Waals surface area contributed by atoms with Crippen LogP contribution in [0.1, 0.15) is 106 Å². The number of nitrogens with zero attached hydrogens (tertiary/aromatic N) is 2. The topological polar surface area (TPSA) is 179 Å². The summed E-state index contributed by atoms with van der Waals surface area (Å²) in [6, 6.07) is 5.98. The third kappa shape index (κ3) is 10.3. The Bertz CT molecular complexity index is 1690. The Morgan fingerprint density at radius 3 is 2.25 bits per heavy atom. The number of carbonyl (C=O) groups is 5. The van der Waals surface area contributed by atoms with E-state index in [0.717, 1.165) is 12.5 Å². The van der Waals surface area contributed by atoms with E-state index in [9.17, 15) is 29.1 Å². The van der Waals surface area contributed by atoms with Gasteiger partial charge in [0.2, 0.25) is 0 Å². The summed E-state index contributed by atoms with van der Waals surface area (Å²) in [7, 11) is 5.00.